The number of pyridine rings is 1. The number of amides is 2. The minimum atomic E-state index is -0.109. The number of nitrogens with one attached hydrogen (secondary N) is 1. The van der Waals surface area contributed by atoms with Crippen LogP contribution in [0, 0.1) is 6.92 Å². The Kier molecular flexibility index (Phi) is 6.44. The number of likely N-dealkylation sites (N-methyl/N-ethyl adjacent to an activating group) is 1. The molecule has 2 aliphatic heterocycles. The van der Waals surface area contributed by atoms with E-state index in [2.05, 4.69) is 45.3 Å². The molecule has 1 saturated heterocycles. The van der Waals surface area contributed by atoms with E-state index >= 15 is 0 Å². The van der Waals surface area contributed by atoms with Gasteiger partial charge in [-0.1, -0.05) is 29.8 Å². The largest absolute Gasteiger partial charge is 0.369 e. The number of aryl methyl sites for hydroxylation is 1. The second-order valence-corrected chi connectivity index (χ2v) is 9.63. The maximum Gasteiger partial charge on any atom is 0.323 e. The smallest absolute Gasteiger partial charge is 0.323 e. The first-order chi connectivity index (χ1) is 16.5. The molecule has 1 N–H and O–H groups in total. The number of nitrogens with zero attached hydrogens (tertiary/aromatic N) is 4. The lowest BCUT2D eigenvalue weighted by atomic mass is 9.97. The third kappa shape index (κ3) is 4.74. The Balaban J connectivity index is 1.28. The predicted octanol–water partition coefficient (Wildman–Crippen LogP) is 5.05. The lowest BCUT2D eigenvalue weighted by Gasteiger charge is -2.38. The molecule has 1 aromatic heterocycles. The highest BCUT2D eigenvalue weighted by molar-refractivity contribution is 6.30. The fraction of sp³-hybridized carbons (Fsp3) is 0.333. The van der Waals surface area contributed by atoms with Gasteiger partial charge in [-0.15, -0.1) is 0 Å². The highest BCUT2D eigenvalue weighted by Crippen LogP contribution is 2.30. The van der Waals surface area contributed by atoms with E-state index in [0.717, 1.165) is 54.3 Å². The maximum absolute atomic E-state index is 13.1. The van der Waals surface area contributed by atoms with Crippen LogP contribution in [0.15, 0.2) is 54.7 Å². The maximum atomic E-state index is 13.1. The van der Waals surface area contributed by atoms with E-state index in [1.54, 1.807) is 6.20 Å². The van der Waals surface area contributed by atoms with Gasteiger partial charge in [0, 0.05) is 61.7 Å². The molecule has 3 heterocycles. The van der Waals surface area contributed by atoms with Crippen LogP contribution in [0.25, 0.3) is 11.1 Å². The van der Waals surface area contributed by atoms with Gasteiger partial charge in [0.2, 0.25) is 0 Å². The van der Waals surface area contributed by atoms with E-state index in [9.17, 15) is 4.79 Å². The SMILES string of the molecule is Cc1cc(Cl)ccc1-c1ccc(NC(=O)N2CCc3cccc(N4CCN(C)CC4)c3C2)nc1. The Hall–Kier alpha value is -3.09. The molecule has 2 aliphatic rings. The number of urea groups is 1. The summed E-state index contributed by atoms with van der Waals surface area (Å²) in [6.07, 6.45) is 2.66. The van der Waals surface area contributed by atoms with Gasteiger partial charge in [0.1, 0.15) is 5.82 Å². The average molecular weight is 476 g/mol. The van der Waals surface area contributed by atoms with E-state index in [1.807, 2.05) is 42.2 Å². The number of carbonyl (C=O) groups excluding carboxylic acids is 1. The van der Waals surface area contributed by atoms with Gasteiger partial charge in [0.05, 0.1) is 0 Å². The first-order valence-electron chi connectivity index (χ1n) is 11.8. The van der Waals surface area contributed by atoms with Gasteiger partial charge < -0.3 is 14.7 Å². The Bertz CT molecular complexity index is 1190. The summed E-state index contributed by atoms with van der Waals surface area (Å²) >= 11 is 6.08. The van der Waals surface area contributed by atoms with Crippen molar-refractivity contribution in [3.05, 3.63) is 76.4 Å². The molecule has 3 aromatic rings. The first-order valence-corrected chi connectivity index (χ1v) is 12.2. The normalized spacial score (nSPS) is 16.3. The first kappa shape index (κ1) is 22.7. The van der Waals surface area contributed by atoms with Crippen LogP contribution in [0.1, 0.15) is 16.7 Å². The van der Waals surface area contributed by atoms with Crippen molar-refractivity contribution in [2.75, 3.05) is 50.0 Å². The molecule has 0 aliphatic carbocycles. The third-order valence-electron chi connectivity index (χ3n) is 6.88. The van der Waals surface area contributed by atoms with Crippen LogP contribution in [0.3, 0.4) is 0 Å². The van der Waals surface area contributed by atoms with Crippen molar-refractivity contribution in [1.29, 1.82) is 0 Å². The van der Waals surface area contributed by atoms with Gasteiger partial charge in [0.25, 0.3) is 0 Å². The van der Waals surface area contributed by atoms with Crippen LogP contribution in [0.4, 0.5) is 16.3 Å². The number of carbonyl (C=O) groups is 1. The zero-order valence-corrected chi connectivity index (χ0v) is 20.5. The molecule has 0 saturated carbocycles. The summed E-state index contributed by atoms with van der Waals surface area (Å²) in [6, 6.07) is 16.1. The Labute approximate surface area is 206 Å². The van der Waals surface area contributed by atoms with Crippen molar-refractivity contribution < 1.29 is 4.79 Å². The summed E-state index contributed by atoms with van der Waals surface area (Å²) in [5, 5.41) is 3.70. The number of aromatic nitrogens is 1. The summed E-state index contributed by atoms with van der Waals surface area (Å²) in [4.78, 5) is 24.3. The van der Waals surface area contributed by atoms with Crippen LogP contribution in [-0.2, 0) is 13.0 Å². The average Bonchev–Trinajstić information content (AvgIpc) is 2.84. The zero-order valence-electron chi connectivity index (χ0n) is 19.7. The Morgan fingerprint density at radius 3 is 2.59 bits per heavy atom. The molecule has 0 bridgehead atoms. The predicted molar refractivity (Wildman–Crippen MR) is 139 cm³/mol. The molecule has 6 nitrogen and oxygen atoms in total. The van der Waals surface area contributed by atoms with Gasteiger partial charge in [-0.2, -0.15) is 0 Å². The second kappa shape index (κ2) is 9.65. The van der Waals surface area contributed by atoms with Gasteiger partial charge in [-0.25, -0.2) is 9.78 Å². The summed E-state index contributed by atoms with van der Waals surface area (Å²) < 4.78 is 0. The van der Waals surface area contributed by atoms with Crippen molar-refractivity contribution >= 4 is 29.1 Å². The summed E-state index contributed by atoms with van der Waals surface area (Å²) in [5.74, 6) is 0.554. The van der Waals surface area contributed by atoms with E-state index in [4.69, 9.17) is 11.6 Å². The topological polar surface area (TPSA) is 51.7 Å². The molecule has 7 heteroatoms. The highest BCUT2D eigenvalue weighted by Gasteiger charge is 2.26. The second-order valence-electron chi connectivity index (χ2n) is 9.20. The van der Waals surface area contributed by atoms with Crippen LogP contribution < -0.4 is 10.2 Å². The van der Waals surface area contributed by atoms with Crippen LogP contribution in [0.2, 0.25) is 5.02 Å². The molecule has 2 aromatic carbocycles. The molecular formula is C27H30ClN5O. The Morgan fingerprint density at radius 1 is 1.03 bits per heavy atom. The minimum Gasteiger partial charge on any atom is -0.369 e. The van der Waals surface area contributed by atoms with Gasteiger partial charge in [0.15, 0.2) is 0 Å². The number of hydrogen-bond acceptors (Lipinski definition) is 4. The van der Waals surface area contributed by atoms with E-state index in [1.165, 1.54) is 16.8 Å². The lowest BCUT2D eigenvalue weighted by Crippen LogP contribution is -2.46. The number of benzene rings is 2. The summed E-state index contributed by atoms with van der Waals surface area (Å²) in [6.45, 7) is 7.50. The number of hydrogen-bond donors (Lipinski definition) is 1. The lowest BCUT2D eigenvalue weighted by molar-refractivity contribution is 0.206. The number of halogens is 1. The van der Waals surface area contributed by atoms with Crippen LogP contribution >= 0.6 is 11.6 Å². The van der Waals surface area contributed by atoms with Crippen molar-refractivity contribution in [1.82, 2.24) is 14.8 Å². The highest BCUT2D eigenvalue weighted by atomic mass is 35.5. The van der Waals surface area contributed by atoms with Gasteiger partial charge in [-0.3, -0.25) is 5.32 Å². The molecule has 34 heavy (non-hydrogen) atoms. The number of rotatable bonds is 3. The Morgan fingerprint density at radius 2 is 1.85 bits per heavy atom. The van der Waals surface area contributed by atoms with Gasteiger partial charge in [-0.05, 0) is 73.0 Å². The van der Waals surface area contributed by atoms with Crippen LogP contribution in [0.5, 0.6) is 0 Å². The quantitative estimate of drug-likeness (QED) is 0.575. The molecule has 1 fully saturated rings. The molecule has 0 spiro atoms. The van der Waals surface area contributed by atoms with Crippen molar-refractivity contribution in [2.45, 2.75) is 19.9 Å². The molecule has 5 rings (SSSR count). The fourth-order valence-corrected chi connectivity index (χ4v) is 5.07. The minimum absolute atomic E-state index is 0.109. The molecule has 176 valence electrons. The van der Waals surface area contributed by atoms with Crippen molar-refractivity contribution in [2.24, 2.45) is 0 Å². The molecule has 0 atom stereocenters. The number of anilines is 2. The molecular weight excluding hydrogens is 446 g/mol. The van der Waals surface area contributed by atoms with E-state index < -0.39 is 0 Å². The standard InChI is InChI=1S/C27H30ClN5O/c1-19-16-22(28)7-8-23(19)21-6-9-26(29-17-21)30-27(34)33-11-10-20-4-3-5-25(24(20)18-33)32-14-12-31(2)13-15-32/h3-9,16-17H,10-15,18H2,1-2H3,(H,29,30,34). The van der Waals surface area contributed by atoms with Crippen molar-refractivity contribution in [3.63, 3.8) is 0 Å². The molecule has 0 unspecified atom stereocenters. The zero-order chi connectivity index (χ0) is 23.7. The molecule has 2 amide bonds. The number of fused-ring (bicyclic) bond motifs is 1. The summed E-state index contributed by atoms with van der Waals surface area (Å²) in [7, 11) is 2.17. The van der Waals surface area contributed by atoms with Crippen molar-refractivity contribution in [3.8, 4) is 11.1 Å². The third-order valence-corrected chi connectivity index (χ3v) is 7.11. The van der Waals surface area contributed by atoms with E-state index in [0.29, 0.717) is 18.9 Å². The summed E-state index contributed by atoms with van der Waals surface area (Å²) in [5.41, 5.74) is 7.06. The van der Waals surface area contributed by atoms with E-state index in [-0.39, 0.29) is 6.03 Å². The van der Waals surface area contributed by atoms with Crippen LogP contribution in [-0.4, -0.2) is 60.6 Å². The fourth-order valence-electron chi connectivity index (χ4n) is 4.85. The molecule has 0 radical (unpaired) electrons. The number of piperazine rings is 1. The monoisotopic (exact) mass is 475 g/mol. The van der Waals surface area contributed by atoms with Gasteiger partial charge >= 0.3 is 6.03 Å².